The fraction of sp³-hybridized carbons (Fsp3) is 0.800. The average Bonchev–Trinajstić information content (AvgIpc) is 1.99. The molecule has 0 aromatic heterocycles. The van der Waals surface area contributed by atoms with Crippen LogP contribution < -0.4 is 4.72 Å². The molecule has 0 fully saturated rings. The Morgan fingerprint density at radius 2 is 1.93 bits per heavy atom. The first-order valence-corrected chi connectivity index (χ1v) is 6.28. The Kier molecular flexibility index (Phi) is 4.63. The molecule has 1 N–H and O–H groups in total. The maximum Gasteiger partial charge on any atom is 0.212 e. The molecule has 0 amide bonds. The van der Waals surface area contributed by atoms with Crippen molar-refractivity contribution >= 4 is 10.0 Å². The molecule has 0 radical (unpaired) electrons. The van der Waals surface area contributed by atoms with E-state index < -0.39 is 16.1 Å². The average molecular weight is 217 g/mol. The lowest BCUT2D eigenvalue weighted by atomic mass is 9.94. The summed E-state index contributed by atoms with van der Waals surface area (Å²) in [7, 11) is -3.22. The smallest absolute Gasteiger partial charge is 0.212 e. The number of hydrogen-bond acceptors (Lipinski definition) is 2. The number of terminal acetylenes is 1. The van der Waals surface area contributed by atoms with E-state index in [1.54, 1.807) is 6.92 Å². The van der Waals surface area contributed by atoms with Gasteiger partial charge in [0, 0.05) is 0 Å². The van der Waals surface area contributed by atoms with E-state index >= 15 is 0 Å². The van der Waals surface area contributed by atoms with Crippen molar-refractivity contribution in [2.75, 3.05) is 5.75 Å². The van der Waals surface area contributed by atoms with Gasteiger partial charge in [-0.25, -0.2) is 13.1 Å². The van der Waals surface area contributed by atoms with Gasteiger partial charge in [-0.15, -0.1) is 6.42 Å². The van der Waals surface area contributed by atoms with Gasteiger partial charge in [-0.2, -0.15) is 0 Å². The van der Waals surface area contributed by atoms with Crippen LogP contribution in [0.15, 0.2) is 0 Å². The molecule has 0 spiro atoms. The Hall–Kier alpha value is -0.530. The van der Waals surface area contributed by atoms with Crippen LogP contribution in [0.3, 0.4) is 0 Å². The summed E-state index contributed by atoms with van der Waals surface area (Å²) in [6.45, 7) is 7.67. The summed E-state index contributed by atoms with van der Waals surface area (Å²) in [5, 5.41) is 0. The fourth-order valence-electron chi connectivity index (χ4n) is 0.803. The lowest BCUT2D eigenvalue weighted by molar-refractivity contribution is 0.396. The first kappa shape index (κ1) is 13.5. The van der Waals surface area contributed by atoms with Crippen LogP contribution in [0.4, 0.5) is 0 Å². The van der Waals surface area contributed by atoms with Gasteiger partial charge in [0.1, 0.15) is 0 Å². The summed E-state index contributed by atoms with van der Waals surface area (Å²) < 4.78 is 25.3. The van der Waals surface area contributed by atoms with E-state index in [4.69, 9.17) is 6.42 Å². The van der Waals surface area contributed by atoms with Crippen molar-refractivity contribution in [3.8, 4) is 12.3 Å². The number of sulfonamides is 1. The van der Waals surface area contributed by atoms with E-state index in [-0.39, 0.29) is 11.2 Å². The van der Waals surface area contributed by atoms with E-state index in [0.717, 1.165) is 0 Å². The molecule has 0 aliphatic rings. The Bertz CT molecular complexity index is 306. The van der Waals surface area contributed by atoms with E-state index in [1.807, 2.05) is 20.8 Å². The Morgan fingerprint density at radius 3 is 2.29 bits per heavy atom. The lowest BCUT2D eigenvalue weighted by Crippen LogP contribution is -2.34. The summed E-state index contributed by atoms with van der Waals surface area (Å²) in [5.41, 5.74) is 0.0220. The van der Waals surface area contributed by atoms with Gasteiger partial charge in [0.15, 0.2) is 0 Å². The van der Waals surface area contributed by atoms with Crippen LogP contribution in [-0.4, -0.2) is 20.2 Å². The molecule has 3 nitrogen and oxygen atoms in total. The molecule has 82 valence electrons. The van der Waals surface area contributed by atoms with Crippen LogP contribution in [0.2, 0.25) is 0 Å². The monoisotopic (exact) mass is 217 g/mol. The molecule has 0 heterocycles. The third kappa shape index (κ3) is 6.93. The van der Waals surface area contributed by atoms with Crippen LogP contribution in [0.1, 0.15) is 34.1 Å². The van der Waals surface area contributed by atoms with Gasteiger partial charge in [0.05, 0.1) is 11.8 Å². The quantitative estimate of drug-likeness (QED) is 0.723. The molecule has 0 rings (SSSR count). The van der Waals surface area contributed by atoms with Gasteiger partial charge in [0.25, 0.3) is 0 Å². The normalized spacial score (nSPS) is 14.8. The second-order valence-electron chi connectivity index (χ2n) is 4.64. The minimum atomic E-state index is -3.22. The Balaban J connectivity index is 4.18. The lowest BCUT2D eigenvalue weighted by Gasteiger charge is -2.18. The zero-order valence-corrected chi connectivity index (χ0v) is 10.1. The van der Waals surface area contributed by atoms with Crippen LogP contribution in [-0.2, 0) is 10.0 Å². The van der Waals surface area contributed by atoms with E-state index in [0.29, 0.717) is 6.42 Å². The van der Waals surface area contributed by atoms with Gasteiger partial charge in [-0.1, -0.05) is 26.7 Å². The zero-order valence-electron chi connectivity index (χ0n) is 9.29. The SMILES string of the molecule is C#CC(C)NS(=O)(=O)CCC(C)(C)C. The van der Waals surface area contributed by atoms with Crippen molar-refractivity contribution in [2.45, 2.75) is 40.2 Å². The molecular weight excluding hydrogens is 198 g/mol. The highest BCUT2D eigenvalue weighted by molar-refractivity contribution is 7.89. The zero-order chi connectivity index (χ0) is 11.4. The third-order valence-electron chi connectivity index (χ3n) is 1.73. The van der Waals surface area contributed by atoms with Crippen LogP contribution >= 0.6 is 0 Å². The minimum Gasteiger partial charge on any atom is -0.212 e. The highest BCUT2D eigenvalue weighted by Gasteiger charge is 2.18. The molecule has 0 bridgehead atoms. The molecule has 0 aliphatic heterocycles. The van der Waals surface area contributed by atoms with Crippen LogP contribution in [0, 0.1) is 17.8 Å². The first-order valence-electron chi connectivity index (χ1n) is 4.62. The minimum absolute atomic E-state index is 0.0220. The Morgan fingerprint density at radius 1 is 1.43 bits per heavy atom. The van der Waals surface area contributed by atoms with Gasteiger partial charge < -0.3 is 0 Å². The van der Waals surface area contributed by atoms with Crippen molar-refractivity contribution < 1.29 is 8.42 Å². The second-order valence-corrected chi connectivity index (χ2v) is 6.51. The van der Waals surface area contributed by atoms with Crippen LogP contribution in [0.25, 0.3) is 0 Å². The second kappa shape index (κ2) is 4.81. The number of hydrogen-bond donors (Lipinski definition) is 1. The van der Waals surface area contributed by atoms with Gasteiger partial charge >= 0.3 is 0 Å². The molecule has 0 aromatic carbocycles. The molecule has 1 atom stereocenters. The molecule has 0 aromatic rings. The summed E-state index contributed by atoms with van der Waals surface area (Å²) in [4.78, 5) is 0. The molecule has 14 heavy (non-hydrogen) atoms. The van der Waals surface area contributed by atoms with Crippen molar-refractivity contribution in [1.82, 2.24) is 4.72 Å². The van der Waals surface area contributed by atoms with Crippen molar-refractivity contribution in [3.63, 3.8) is 0 Å². The molecule has 1 unspecified atom stereocenters. The van der Waals surface area contributed by atoms with E-state index in [1.165, 1.54) is 0 Å². The largest absolute Gasteiger partial charge is 0.212 e. The molecule has 0 saturated carbocycles. The Labute approximate surface area is 87.3 Å². The number of rotatable bonds is 4. The fourth-order valence-corrected chi connectivity index (χ4v) is 2.41. The van der Waals surface area contributed by atoms with Crippen molar-refractivity contribution in [1.29, 1.82) is 0 Å². The first-order chi connectivity index (χ1) is 6.16. The van der Waals surface area contributed by atoms with E-state index in [9.17, 15) is 8.42 Å². The third-order valence-corrected chi connectivity index (χ3v) is 3.18. The summed E-state index contributed by atoms with van der Waals surface area (Å²) >= 11 is 0. The molecular formula is C10H19NO2S. The summed E-state index contributed by atoms with van der Waals surface area (Å²) in [5.74, 6) is 2.46. The molecule has 4 heteroatoms. The predicted octanol–water partition coefficient (Wildman–Crippen LogP) is 1.36. The highest BCUT2D eigenvalue weighted by Crippen LogP contribution is 2.18. The van der Waals surface area contributed by atoms with E-state index in [2.05, 4.69) is 10.6 Å². The van der Waals surface area contributed by atoms with Crippen molar-refractivity contribution in [2.24, 2.45) is 5.41 Å². The molecule has 0 saturated heterocycles. The number of nitrogens with one attached hydrogen (secondary N) is 1. The standard InChI is InChI=1S/C10H19NO2S/c1-6-9(2)11-14(12,13)8-7-10(3,4)5/h1,9,11H,7-8H2,2-5H3. The van der Waals surface area contributed by atoms with Gasteiger partial charge in [0.2, 0.25) is 10.0 Å². The van der Waals surface area contributed by atoms with Gasteiger partial charge in [-0.3, -0.25) is 0 Å². The summed E-state index contributed by atoms with van der Waals surface area (Å²) in [6.07, 6.45) is 5.71. The maximum absolute atomic E-state index is 11.4. The highest BCUT2D eigenvalue weighted by atomic mass is 32.2. The van der Waals surface area contributed by atoms with Gasteiger partial charge in [-0.05, 0) is 18.8 Å². The topological polar surface area (TPSA) is 46.2 Å². The summed E-state index contributed by atoms with van der Waals surface area (Å²) in [6, 6.07) is -0.431. The van der Waals surface area contributed by atoms with Crippen molar-refractivity contribution in [3.05, 3.63) is 0 Å². The van der Waals surface area contributed by atoms with Crippen LogP contribution in [0.5, 0.6) is 0 Å². The maximum atomic E-state index is 11.4. The predicted molar refractivity (Wildman–Crippen MR) is 59.3 cm³/mol. The molecule has 0 aliphatic carbocycles.